The number of amides is 1. The van der Waals surface area contributed by atoms with Gasteiger partial charge in [0.1, 0.15) is 5.92 Å². The fourth-order valence-corrected chi connectivity index (χ4v) is 1.15. The number of aliphatic imine (C=N–C) groups is 1. The lowest BCUT2D eigenvalue weighted by Gasteiger charge is -2.19. The Morgan fingerprint density at radius 2 is 2.19 bits per heavy atom. The second-order valence-electron chi connectivity index (χ2n) is 2.96. The molecular weight excluding hydrogens is 227 g/mol. The number of ether oxygens (including phenoxy) is 1. The summed E-state index contributed by atoms with van der Waals surface area (Å²) in [5, 5.41) is 0. The van der Waals surface area contributed by atoms with Crippen molar-refractivity contribution in [3.63, 3.8) is 0 Å². The van der Waals surface area contributed by atoms with Gasteiger partial charge >= 0.3 is 12.1 Å². The Hall–Kier alpha value is -1.66. The van der Waals surface area contributed by atoms with Crippen molar-refractivity contribution in [1.29, 1.82) is 0 Å². The molecule has 1 heterocycles. The van der Waals surface area contributed by atoms with Crippen LogP contribution in [0.2, 0.25) is 0 Å². The molecule has 1 unspecified atom stereocenters. The van der Waals surface area contributed by atoms with Gasteiger partial charge in [0.2, 0.25) is 0 Å². The van der Waals surface area contributed by atoms with Crippen molar-refractivity contribution in [2.24, 2.45) is 10.9 Å². The van der Waals surface area contributed by atoms with Crippen LogP contribution in [-0.4, -0.2) is 30.9 Å². The number of nitrogens with zero attached hydrogens (tertiary/aromatic N) is 1. The maximum atomic E-state index is 12.5. The van der Waals surface area contributed by atoms with Crippen molar-refractivity contribution >= 4 is 18.1 Å². The number of hydrogen-bond acceptors (Lipinski definition) is 3. The highest BCUT2D eigenvalue weighted by Crippen LogP contribution is 2.32. The van der Waals surface area contributed by atoms with Gasteiger partial charge in [-0.05, 0) is 6.92 Å². The van der Waals surface area contributed by atoms with E-state index in [-0.39, 0.29) is 6.61 Å². The van der Waals surface area contributed by atoms with Gasteiger partial charge in [-0.1, -0.05) is 0 Å². The highest BCUT2D eigenvalue weighted by atomic mass is 19.4. The molecule has 1 aliphatic heterocycles. The molecule has 4 nitrogen and oxygen atoms in total. The predicted molar refractivity (Wildman–Crippen MR) is 47.8 cm³/mol. The summed E-state index contributed by atoms with van der Waals surface area (Å²) < 4.78 is 41.8. The summed E-state index contributed by atoms with van der Waals surface area (Å²) in [6.07, 6.45) is -3.70. The number of halogens is 3. The zero-order chi connectivity index (χ0) is 12.3. The molecule has 1 aliphatic rings. The maximum Gasteiger partial charge on any atom is 0.400 e. The zero-order valence-electron chi connectivity index (χ0n) is 8.25. The van der Waals surface area contributed by atoms with Gasteiger partial charge < -0.3 is 4.74 Å². The molecule has 1 rings (SSSR count). The van der Waals surface area contributed by atoms with Gasteiger partial charge in [0.15, 0.2) is 0 Å². The Morgan fingerprint density at radius 3 is 2.69 bits per heavy atom. The van der Waals surface area contributed by atoms with E-state index in [0.29, 0.717) is 12.3 Å². The summed E-state index contributed by atoms with van der Waals surface area (Å²) in [7, 11) is 0. The third-order valence-electron chi connectivity index (χ3n) is 1.83. The van der Waals surface area contributed by atoms with Crippen LogP contribution in [0.3, 0.4) is 0 Å². The molecule has 0 aliphatic carbocycles. The topological polar surface area (TPSA) is 55.7 Å². The first kappa shape index (κ1) is 12.4. The van der Waals surface area contributed by atoms with E-state index < -0.39 is 29.5 Å². The summed E-state index contributed by atoms with van der Waals surface area (Å²) >= 11 is 0. The van der Waals surface area contributed by atoms with E-state index in [2.05, 4.69) is 9.73 Å². The molecule has 0 aromatic carbocycles. The monoisotopic (exact) mass is 235 g/mol. The minimum atomic E-state index is -4.66. The van der Waals surface area contributed by atoms with Gasteiger partial charge in [0.05, 0.1) is 12.2 Å². The van der Waals surface area contributed by atoms with Crippen LogP contribution >= 0.6 is 0 Å². The molecule has 0 bridgehead atoms. The first-order chi connectivity index (χ1) is 7.36. The molecule has 0 radical (unpaired) electrons. The number of alkyl halides is 3. The number of rotatable bonds is 2. The number of hydrogen-bond donors (Lipinski definition) is 0. The molecule has 0 aromatic rings. The number of carbonyl (C=O) groups is 2. The third-order valence-corrected chi connectivity index (χ3v) is 1.83. The Labute approximate surface area is 88.8 Å². The van der Waals surface area contributed by atoms with Gasteiger partial charge in [-0.2, -0.15) is 13.2 Å². The van der Waals surface area contributed by atoms with E-state index in [9.17, 15) is 22.8 Å². The lowest BCUT2D eigenvalue weighted by atomic mass is 9.97. The molecule has 88 valence electrons. The highest BCUT2D eigenvalue weighted by Gasteiger charge is 2.45. The van der Waals surface area contributed by atoms with Crippen molar-refractivity contribution in [3.05, 3.63) is 11.6 Å². The normalized spacial score (nSPS) is 20.6. The summed E-state index contributed by atoms with van der Waals surface area (Å²) in [6, 6.07) is 0. The minimum absolute atomic E-state index is 0.0634. The maximum absolute atomic E-state index is 12.5. The summed E-state index contributed by atoms with van der Waals surface area (Å²) in [5.41, 5.74) is -0.727. The van der Waals surface area contributed by atoms with Gasteiger partial charge in [0, 0.05) is 12.3 Å². The molecule has 0 saturated heterocycles. The third kappa shape index (κ3) is 2.68. The smallest absolute Gasteiger partial charge is 0.400 e. The fraction of sp³-hybridized carbons (Fsp3) is 0.444. The average Bonchev–Trinajstić information content (AvgIpc) is 2.16. The summed E-state index contributed by atoms with van der Waals surface area (Å²) in [6.45, 7) is 1.39. The van der Waals surface area contributed by atoms with Gasteiger partial charge in [0.25, 0.3) is 5.91 Å². The second-order valence-corrected chi connectivity index (χ2v) is 2.96. The molecule has 0 fully saturated rings. The molecule has 0 N–H and O–H groups in total. The van der Waals surface area contributed by atoms with Crippen LogP contribution in [-0.2, 0) is 14.3 Å². The molecule has 0 aromatic heterocycles. The average molecular weight is 235 g/mol. The van der Waals surface area contributed by atoms with Gasteiger partial charge in [-0.25, -0.2) is 9.79 Å². The number of carbonyl (C=O) groups excluding carboxylic acids is 2. The number of esters is 1. The van der Waals surface area contributed by atoms with Crippen molar-refractivity contribution < 1.29 is 27.5 Å². The largest absolute Gasteiger partial charge is 0.463 e. The van der Waals surface area contributed by atoms with E-state index in [1.54, 1.807) is 0 Å². The molecule has 1 atom stereocenters. The standard InChI is InChI=1S/C9H8F3NO3/c1-2-16-8(15)5-3-7(14)13-4-6(5)9(10,11)12/h3-4,6H,2H2,1H3. The quantitative estimate of drug-likeness (QED) is 0.677. The van der Waals surface area contributed by atoms with Crippen LogP contribution < -0.4 is 0 Å². The van der Waals surface area contributed by atoms with Crippen LogP contribution in [0, 0.1) is 5.92 Å². The molecule has 7 heteroatoms. The molecule has 1 amide bonds. The lowest BCUT2D eigenvalue weighted by Crippen LogP contribution is -2.33. The summed E-state index contributed by atoms with van der Waals surface area (Å²) in [5.74, 6) is -4.22. The molecule has 16 heavy (non-hydrogen) atoms. The fourth-order valence-electron chi connectivity index (χ4n) is 1.15. The van der Waals surface area contributed by atoms with Crippen LogP contribution in [0.5, 0.6) is 0 Å². The van der Waals surface area contributed by atoms with E-state index in [1.807, 2.05) is 0 Å². The Balaban J connectivity index is 3.01. The highest BCUT2D eigenvalue weighted by molar-refractivity contribution is 6.07. The first-order valence-electron chi connectivity index (χ1n) is 4.39. The Morgan fingerprint density at radius 1 is 1.56 bits per heavy atom. The Bertz CT molecular complexity index is 371. The van der Waals surface area contributed by atoms with Crippen LogP contribution in [0.1, 0.15) is 6.92 Å². The predicted octanol–water partition coefficient (Wildman–Crippen LogP) is 1.27. The Kier molecular flexibility index (Phi) is 3.46. The van der Waals surface area contributed by atoms with Crippen LogP contribution in [0.25, 0.3) is 0 Å². The van der Waals surface area contributed by atoms with Crippen molar-refractivity contribution in [2.75, 3.05) is 6.61 Å². The minimum Gasteiger partial charge on any atom is -0.463 e. The first-order valence-corrected chi connectivity index (χ1v) is 4.39. The molecule has 0 saturated carbocycles. The van der Waals surface area contributed by atoms with Crippen molar-refractivity contribution in [1.82, 2.24) is 0 Å². The van der Waals surface area contributed by atoms with Crippen molar-refractivity contribution in [2.45, 2.75) is 13.1 Å². The van der Waals surface area contributed by atoms with E-state index >= 15 is 0 Å². The van der Waals surface area contributed by atoms with Gasteiger partial charge in [-0.15, -0.1) is 0 Å². The lowest BCUT2D eigenvalue weighted by molar-refractivity contribution is -0.157. The summed E-state index contributed by atoms with van der Waals surface area (Å²) in [4.78, 5) is 25.0. The second kappa shape index (κ2) is 4.46. The van der Waals surface area contributed by atoms with E-state index in [4.69, 9.17) is 0 Å². The zero-order valence-corrected chi connectivity index (χ0v) is 8.25. The molecular formula is C9H8F3NO3. The van der Waals surface area contributed by atoms with Gasteiger partial charge in [-0.3, -0.25) is 4.79 Å². The number of dihydropyridines is 1. The van der Waals surface area contributed by atoms with Crippen LogP contribution in [0.4, 0.5) is 13.2 Å². The SMILES string of the molecule is CCOC(=O)C1=CC(=O)N=CC1C(F)(F)F. The van der Waals surface area contributed by atoms with E-state index in [1.165, 1.54) is 6.92 Å². The van der Waals surface area contributed by atoms with E-state index in [0.717, 1.165) is 0 Å². The van der Waals surface area contributed by atoms with Crippen molar-refractivity contribution in [3.8, 4) is 0 Å². The van der Waals surface area contributed by atoms with Crippen LogP contribution in [0.15, 0.2) is 16.6 Å². The molecule has 0 spiro atoms.